The highest BCUT2D eigenvalue weighted by Gasteiger charge is 2.32. The molecule has 1 fully saturated rings. The van der Waals surface area contributed by atoms with Crippen LogP contribution in [0.25, 0.3) is 0 Å². The van der Waals surface area contributed by atoms with Gasteiger partial charge in [0.2, 0.25) is 0 Å². The van der Waals surface area contributed by atoms with Gasteiger partial charge in [-0.05, 0) is 45.2 Å². The molecule has 0 N–H and O–H groups in total. The van der Waals surface area contributed by atoms with E-state index in [1.54, 1.807) is 0 Å². The van der Waals surface area contributed by atoms with Crippen LogP contribution < -0.4 is 0 Å². The van der Waals surface area contributed by atoms with Crippen molar-refractivity contribution in [3.63, 3.8) is 0 Å². The van der Waals surface area contributed by atoms with Gasteiger partial charge in [-0.2, -0.15) is 0 Å². The van der Waals surface area contributed by atoms with Crippen LogP contribution in [0.2, 0.25) is 38.8 Å². The Morgan fingerprint density at radius 3 is 2.15 bits per heavy atom. The molecule has 0 aromatic carbocycles. The second kappa shape index (κ2) is 3.84. The van der Waals surface area contributed by atoms with E-state index in [4.69, 9.17) is 8.85 Å². The monoisotopic (exact) mass is 218 g/mol. The highest BCUT2D eigenvalue weighted by Crippen LogP contribution is 2.24. The Kier molecular flexibility index (Phi) is 3.38. The quantitative estimate of drug-likeness (QED) is 0.523. The van der Waals surface area contributed by atoms with Gasteiger partial charge in [-0.1, -0.05) is 0 Å². The van der Waals surface area contributed by atoms with Crippen LogP contribution in [-0.4, -0.2) is 29.3 Å². The molecule has 4 heteroatoms. The van der Waals surface area contributed by atoms with Gasteiger partial charge >= 0.3 is 0 Å². The van der Waals surface area contributed by atoms with E-state index < -0.39 is 16.6 Å². The van der Waals surface area contributed by atoms with Gasteiger partial charge in [0.05, 0.1) is 12.7 Å². The molecule has 0 bridgehead atoms. The van der Waals surface area contributed by atoms with Gasteiger partial charge in [-0.3, -0.25) is 0 Å². The molecule has 1 aliphatic heterocycles. The molecular weight excluding hydrogens is 196 g/mol. The van der Waals surface area contributed by atoms with Crippen LogP contribution in [0.4, 0.5) is 0 Å². The molecule has 1 unspecified atom stereocenters. The van der Waals surface area contributed by atoms with Crippen LogP contribution >= 0.6 is 0 Å². The lowest BCUT2D eigenvalue weighted by molar-refractivity contribution is 0.399. The summed E-state index contributed by atoms with van der Waals surface area (Å²) < 4.78 is 11.4. The standard InChI is InChI=1S/C9H22O2Si2/c1-12(2,3)11-13(4,5)7-6-9-8-10-9/h9H,6-8H2,1-5H3. The van der Waals surface area contributed by atoms with Crippen molar-refractivity contribution in [1.29, 1.82) is 0 Å². The van der Waals surface area contributed by atoms with Gasteiger partial charge in [-0.15, -0.1) is 0 Å². The van der Waals surface area contributed by atoms with Gasteiger partial charge in [0.1, 0.15) is 0 Å². The molecule has 0 aliphatic carbocycles. The molecular formula is C9H22O2Si2. The minimum atomic E-state index is -1.38. The minimum absolute atomic E-state index is 0.567. The molecule has 1 aliphatic rings. The molecule has 1 rings (SSSR count). The van der Waals surface area contributed by atoms with Crippen LogP contribution in [0, 0.1) is 0 Å². The van der Waals surface area contributed by atoms with Crippen molar-refractivity contribution in [2.24, 2.45) is 0 Å². The predicted molar refractivity (Wildman–Crippen MR) is 61.1 cm³/mol. The Morgan fingerprint density at radius 2 is 1.77 bits per heavy atom. The van der Waals surface area contributed by atoms with Crippen molar-refractivity contribution in [1.82, 2.24) is 0 Å². The first-order valence-corrected chi connectivity index (χ1v) is 11.6. The largest absolute Gasteiger partial charge is 0.456 e. The molecule has 1 heterocycles. The first-order chi connectivity index (χ1) is 5.79. The molecule has 13 heavy (non-hydrogen) atoms. The Bertz CT molecular complexity index is 171. The third kappa shape index (κ3) is 5.62. The maximum absolute atomic E-state index is 6.23. The van der Waals surface area contributed by atoms with Crippen LogP contribution in [0.1, 0.15) is 6.42 Å². The number of ether oxygens (including phenoxy) is 1. The summed E-state index contributed by atoms with van der Waals surface area (Å²) in [5.41, 5.74) is 0. The van der Waals surface area contributed by atoms with E-state index >= 15 is 0 Å². The summed E-state index contributed by atoms with van der Waals surface area (Å²) in [5, 5.41) is 0. The van der Waals surface area contributed by atoms with Crippen LogP contribution in [0.15, 0.2) is 0 Å². The predicted octanol–water partition coefficient (Wildman–Crippen LogP) is 2.83. The van der Waals surface area contributed by atoms with Crippen LogP contribution in [0.3, 0.4) is 0 Å². The van der Waals surface area contributed by atoms with Crippen molar-refractivity contribution in [2.75, 3.05) is 6.61 Å². The Labute approximate surface area is 83.9 Å². The Hall–Kier alpha value is 0.354. The fourth-order valence-corrected chi connectivity index (χ4v) is 9.68. The second-order valence-corrected chi connectivity index (χ2v) is 14.5. The summed E-state index contributed by atoms with van der Waals surface area (Å²) in [4.78, 5) is 0. The number of rotatable bonds is 5. The maximum atomic E-state index is 6.23. The molecule has 2 nitrogen and oxygen atoms in total. The van der Waals surface area contributed by atoms with Crippen molar-refractivity contribution in [2.45, 2.75) is 51.3 Å². The molecule has 78 valence electrons. The van der Waals surface area contributed by atoms with E-state index in [1.807, 2.05) is 0 Å². The molecule has 1 saturated heterocycles. The highest BCUT2D eigenvalue weighted by molar-refractivity contribution is 6.84. The zero-order chi connectivity index (χ0) is 10.1. The number of epoxide rings is 1. The topological polar surface area (TPSA) is 21.8 Å². The smallest absolute Gasteiger partial charge is 0.173 e. The van der Waals surface area contributed by atoms with Gasteiger partial charge < -0.3 is 8.85 Å². The second-order valence-electron chi connectivity index (χ2n) is 5.47. The zero-order valence-corrected chi connectivity index (χ0v) is 11.5. The molecule has 0 radical (unpaired) electrons. The molecule has 0 saturated carbocycles. The van der Waals surface area contributed by atoms with E-state index in [0.29, 0.717) is 6.10 Å². The minimum Gasteiger partial charge on any atom is -0.456 e. The van der Waals surface area contributed by atoms with E-state index in [1.165, 1.54) is 12.5 Å². The fraction of sp³-hybridized carbons (Fsp3) is 1.00. The summed E-state index contributed by atoms with van der Waals surface area (Å²) in [6.45, 7) is 12.5. The van der Waals surface area contributed by atoms with Crippen molar-refractivity contribution >= 4 is 16.6 Å². The molecule has 0 aromatic heterocycles. The summed E-state index contributed by atoms with van der Waals surface area (Å²) in [5.74, 6) is 0. The lowest BCUT2D eigenvalue weighted by atomic mass is 10.4. The summed E-state index contributed by atoms with van der Waals surface area (Å²) in [6.07, 6.45) is 1.78. The van der Waals surface area contributed by atoms with E-state index in [2.05, 4.69) is 32.7 Å². The fourth-order valence-electron chi connectivity index (χ4n) is 1.62. The van der Waals surface area contributed by atoms with Gasteiger partial charge in [-0.25, -0.2) is 0 Å². The molecule has 0 spiro atoms. The number of hydrogen-bond donors (Lipinski definition) is 0. The third-order valence-electron chi connectivity index (χ3n) is 2.05. The molecule has 0 amide bonds. The zero-order valence-electron chi connectivity index (χ0n) is 9.52. The van der Waals surface area contributed by atoms with E-state index in [9.17, 15) is 0 Å². The molecule has 1 atom stereocenters. The summed E-state index contributed by atoms with van der Waals surface area (Å²) >= 11 is 0. The summed E-state index contributed by atoms with van der Waals surface area (Å²) in [7, 11) is -2.70. The summed E-state index contributed by atoms with van der Waals surface area (Å²) in [6, 6.07) is 1.25. The van der Waals surface area contributed by atoms with Crippen molar-refractivity contribution in [3.05, 3.63) is 0 Å². The lowest BCUT2D eigenvalue weighted by Crippen LogP contribution is -2.42. The van der Waals surface area contributed by atoms with E-state index in [-0.39, 0.29) is 0 Å². The number of hydrogen-bond acceptors (Lipinski definition) is 2. The molecule has 0 aromatic rings. The van der Waals surface area contributed by atoms with Gasteiger partial charge in [0, 0.05) is 0 Å². The average Bonchev–Trinajstić information content (AvgIpc) is 2.59. The van der Waals surface area contributed by atoms with Crippen molar-refractivity contribution < 1.29 is 8.85 Å². The van der Waals surface area contributed by atoms with E-state index in [0.717, 1.165) is 6.61 Å². The lowest BCUT2D eigenvalue weighted by Gasteiger charge is -2.31. The van der Waals surface area contributed by atoms with Crippen LogP contribution in [-0.2, 0) is 8.85 Å². The normalized spacial score (nSPS) is 23.3. The average molecular weight is 218 g/mol. The van der Waals surface area contributed by atoms with Gasteiger partial charge in [0.25, 0.3) is 0 Å². The Morgan fingerprint density at radius 1 is 1.23 bits per heavy atom. The first kappa shape index (κ1) is 11.4. The maximum Gasteiger partial charge on any atom is 0.173 e. The Balaban J connectivity index is 2.26. The third-order valence-corrected chi connectivity index (χ3v) is 8.21. The SMILES string of the molecule is C[Si](C)(C)O[Si](C)(C)CCC1CO1. The van der Waals surface area contributed by atoms with Crippen LogP contribution in [0.5, 0.6) is 0 Å². The highest BCUT2D eigenvalue weighted by atomic mass is 28.4. The van der Waals surface area contributed by atoms with Gasteiger partial charge in [0.15, 0.2) is 16.6 Å². The van der Waals surface area contributed by atoms with Crippen molar-refractivity contribution in [3.8, 4) is 0 Å². The first-order valence-electron chi connectivity index (χ1n) is 5.10.